The molecule has 36 heavy (non-hydrogen) atoms. The van der Waals surface area contributed by atoms with Gasteiger partial charge in [0, 0.05) is 42.6 Å². The summed E-state index contributed by atoms with van der Waals surface area (Å²) in [6.07, 6.45) is 4.41. The third-order valence-electron chi connectivity index (χ3n) is 6.78. The average molecular weight is 487 g/mol. The molecule has 0 aliphatic carbocycles. The van der Waals surface area contributed by atoms with Gasteiger partial charge in [-0.25, -0.2) is 4.79 Å². The van der Waals surface area contributed by atoms with Crippen LogP contribution in [0.3, 0.4) is 0 Å². The van der Waals surface area contributed by atoms with E-state index in [4.69, 9.17) is 9.15 Å². The van der Waals surface area contributed by atoms with Gasteiger partial charge in [-0.05, 0) is 57.0 Å². The second kappa shape index (κ2) is 10.5. The number of ketones is 1. The molecule has 0 unspecified atom stereocenters. The Morgan fingerprint density at radius 1 is 1.14 bits per heavy atom. The Balaban J connectivity index is 1.27. The number of benzene rings is 2. The van der Waals surface area contributed by atoms with Gasteiger partial charge >= 0.3 is 5.63 Å². The van der Waals surface area contributed by atoms with Crippen LogP contribution in [0.1, 0.15) is 40.0 Å². The number of likely N-dealkylation sites (tertiary alicyclic amines) is 1. The Kier molecular flexibility index (Phi) is 6.95. The predicted octanol–water partition coefficient (Wildman–Crippen LogP) is 3.83. The Morgan fingerprint density at radius 2 is 1.92 bits per heavy atom. The number of hydrogen-bond donors (Lipinski definition) is 0. The third kappa shape index (κ3) is 5.39. The first-order chi connectivity index (χ1) is 17.5. The summed E-state index contributed by atoms with van der Waals surface area (Å²) in [5, 5.41) is 8.84. The summed E-state index contributed by atoms with van der Waals surface area (Å²) >= 11 is 0. The minimum absolute atomic E-state index is 0.0947. The van der Waals surface area contributed by atoms with Gasteiger partial charge in [0.05, 0.1) is 6.20 Å². The van der Waals surface area contributed by atoms with E-state index < -0.39 is 5.63 Å². The van der Waals surface area contributed by atoms with Crippen LogP contribution in [0.25, 0.3) is 11.0 Å². The first-order valence-corrected chi connectivity index (χ1v) is 12.3. The molecule has 186 valence electrons. The fourth-order valence-electron chi connectivity index (χ4n) is 4.57. The summed E-state index contributed by atoms with van der Waals surface area (Å²) in [6.45, 7) is 4.52. The molecule has 2 aromatic carbocycles. The lowest BCUT2D eigenvalue weighted by atomic mass is 10.0. The number of aryl methyl sites for hydroxylation is 3. The van der Waals surface area contributed by atoms with Crippen molar-refractivity contribution >= 4 is 16.8 Å². The number of rotatable bonds is 8. The highest BCUT2D eigenvalue weighted by Crippen LogP contribution is 2.29. The van der Waals surface area contributed by atoms with Gasteiger partial charge in [-0.1, -0.05) is 35.5 Å². The van der Waals surface area contributed by atoms with Crippen LogP contribution in [0.2, 0.25) is 0 Å². The highest BCUT2D eigenvalue weighted by Gasteiger charge is 2.21. The fourth-order valence-corrected chi connectivity index (χ4v) is 4.57. The first-order valence-electron chi connectivity index (χ1n) is 12.3. The van der Waals surface area contributed by atoms with E-state index in [2.05, 4.69) is 22.3 Å². The molecule has 2 aromatic heterocycles. The molecule has 1 saturated heterocycles. The summed E-state index contributed by atoms with van der Waals surface area (Å²) in [6, 6.07) is 15.6. The minimum Gasteiger partial charge on any atom is -0.490 e. The van der Waals surface area contributed by atoms with Crippen LogP contribution in [-0.4, -0.2) is 51.9 Å². The molecule has 8 heteroatoms. The maximum Gasteiger partial charge on any atom is 0.339 e. The average Bonchev–Trinajstić information content (AvgIpc) is 3.37. The third-order valence-corrected chi connectivity index (χ3v) is 6.78. The van der Waals surface area contributed by atoms with Gasteiger partial charge in [0.1, 0.15) is 23.1 Å². The topological polar surface area (TPSA) is 90.5 Å². The molecule has 0 spiro atoms. The van der Waals surface area contributed by atoms with Crippen LogP contribution in [0.4, 0.5) is 0 Å². The molecule has 4 aromatic rings. The van der Waals surface area contributed by atoms with Crippen molar-refractivity contribution in [1.82, 2.24) is 19.9 Å². The number of fused-ring (bicyclic) bond motifs is 1. The molecule has 1 fully saturated rings. The molecule has 0 atom stereocenters. The first kappa shape index (κ1) is 23.9. The zero-order chi connectivity index (χ0) is 25.1. The summed E-state index contributed by atoms with van der Waals surface area (Å²) in [7, 11) is 2.11. The van der Waals surface area contributed by atoms with Gasteiger partial charge in [0.15, 0.2) is 5.78 Å². The second-order valence-electron chi connectivity index (χ2n) is 9.49. The van der Waals surface area contributed by atoms with Crippen molar-refractivity contribution in [2.75, 3.05) is 20.1 Å². The van der Waals surface area contributed by atoms with Gasteiger partial charge in [0.2, 0.25) is 0 Å². The molecule has 0 amide bonds. The zero-order valence-electron chi connectivity index (χ0n) is 20.6. The highest BCUT2D eigenvalue weighted by atomic mass is 16.5. The number of piperidine rings is 1. The lowest BCUT2D eigenvalue weighted by Crippen LogP contribution is -2.35. The van der Waals surface area contributed by atoms with E-state index in [9.17, 15) is 9.59 Å². The quantitative estimate of drug-likeness (QED) is 0.276. The van der Waals surface area contributed by atoms with Crippen LogP contribution in [-0.2, 0) is 19.4 Å². The number of aromatic nitrogens is 3. The normalized spacial score (nSPS) is 14.8. The molecule has 0 saturated carbocycles. The van der Waals surface area contributed by atoms with Crippen LogP contribution in [0.5, 0.6) is 5.75 Å². The number of nitrogens with zero attached hydrogens (tertiary/aromatic N) is 4. The number of ether oxygens (including phenoxy) is 1. The lowest BCUT2D eigenvalue weighted by molar-refractivity contribution is 0.0987. The monoisotopic (exact) mass is 486 g/mol. The molecule has 1 aliphatic heterocycles. The van der Waals surface area contributed by atoms with Crippen molar-refractivity contribution in [1.29, 1.82) is 0 Å². The molecular formula is C28H30N4O4. The van der Waals surface area contributed by atoms with E-state index in [1.165, 1.54) is 5.56 Å². The van der Waals surface area contributed by atoms with E-state index in [-0.39, 0.29) is 24.0 Å². The van der Waals surface area contributed by atoms with Gasteiger partial charge < -0.3 is 14.1 Å². The highest BCUT2D eigenvalue weighted by molar-refractivity contribution is 5.95. The zero-order valence-corrected chi connectivity index (χ0v) is 20.6. The summed E-state index contributed by atoms with van der Waals surface area (Å²) in [5.41, 5.74) is 2.49. The Labute approximate surface area is 209 Å². The number of hydrogen-bond acceptors (Lipinski definition) is 7. The maximum atomic E-state index is 12.8. The molecule has 8 nitrogen and oxygen atoms in total. The SMILES string of the molecule is Cc1c(OC2CCN(C)CC2)ccc2cc(CC(=O)c3cn(CCc4ccccc4)nn3)c(=O)oc12. The van der Waals surface area contributed by atoms with Crippen molar-refractivity contribution in [3.05, 3.63) is 87.5 Å². The smallest absolute Gasteiger partial charge is 0.339 e. The Bertz CT molecular complexity index is 1420. The van der Waals surface area contributed by atoms with E-state index in [1.54, 1.807) is 16.9 Å². The number of carbonyl (C=O) groups excluding carboxylic acids is 1. The Morgan fingerprint density at radius 3 is 2.69 bits per heavy atom. The summed E-state index contributed by atoms with van der Waals surface area (Å²) < 4.78 is 13.5. The van der Waals surface area contributed by atoms with Crippen LogP contribution >= 0.6 is 0 Å². The van der Waals surface area contributed by atoms with E-state index in [0.29, 0.717) is 17.7 Å². The largest absolute Gasteiger partial charge is 0.490 e. The minimum atomic E-state index is -0.521. The molecule has 0 radical (unpaired) electrons. The van der Waals surface area contributed by atoms with Gasteiger partial charge in [0.25, 0.3) is 0 Å². The lowest BCUT2D eigenvalue weighted by Gasteiger charge is -2.29. The van der Waals surface area contributed by atoms with Crippen molar-refractivity contribution in [3.63, 3.8) is 0 Å². The van der Waals surface area contributed by atoms with Crippen molar-refractivity contribution in [2.24, 2.45) is 0 Å². The molecular weight excluding hydrogens is 456 g/mol. The number of carbonyl (C=O) groups is 1. The van der Waals surface area contributed by atoms with Crippen LogP contribution in [0.15, 0.2) is 63.9 Å². The summed E-state index contributed by atoms with van der Waals surface area (Å²) in [4.78, 5) is 27.9. The number of Topliss-reactive ketones (excluding diaryl/α,β-unsaturated/α-hetero) is 1. The van der Waals surface area contributed by atoms with E-state index in [0.717, 1.165) is 49.1 Å². The van der Waals surface area contributed by atoms with Crippen molar-refractivity contribution in [3.8, 4) is 5.75 Å². The standard InChI is InChI=1S/C28H30N4O4/c1-19-26(35-23-11-13-31(2)14-12-23)9-8-21-16-22(28(34)36-27(19)21)17-25(33)24-18-32(30-29-24)15-10-20-6-4-3-5-7-20/h3-9,16,18,23H,10-15,17H2,1-2H3. The molecule has 1 aliphatic rings. The summed E-state index contributed by atoms with van der Waals surface area (Å²) in [5.74, 6) is 0.461. The maximum absolute atomic E-state index is 12.8. The van der Waals surface area contributed by atoms with Gasteiger partial charge in [-0.15, -0.1) is 5.10 Å². The Hall–Kier alpha value is -3.78. The second-order valence-corrected chi connectivity index (χ2v) is 9.49. The van der Waals surface area contributed by atoms with Crippen LogP contribution < -0.4 is 10.4 Å². The van der Waals surface area contributed by atoms with E-state index >= 15 is 0 Å². The van der Waals surface area contributed by atoms with E-state index in [1.807, 2.05) is 49.4 Å². The molecule has 3 heterocycles. The molecule has 0 bridgehead atoms. The van der Waals surface area contributed by atoms with Gasteiger partial charge in [-0.2, -0.15) is 0 Å². The molecule has 5 rings (SSSR count). The van der Waals surface area contributed by atoms with Crippen molar-refractivity contribution in [2.45, 2.75) is 45.3 Å². The predicted molar refractivity (Wildman–Crippen MR) is 137 cm³/mol. The molecule has 0 N–H and O–H groups in total. The van der Waals surface area contributed by atoms with Gasteiger partial charge in [-0.3, -0.25) is 9.48 Å². The van der Waals surface area contributed by atoms with Crippen molar-refractivity contribution < 1.29 is 13.9 Å². The fraction of sp³-hybridized carbons (Fsp3) is 0.357. The van der Waals surface area contributed by atoms with Crippen LogP contribution in [0, 0.1) is 6.92 Å².